The number of carbonyl (C=O) groups is 1. The maximum atomic E-state index is 11.8. The fourth-order valence-corrected chi connectivity index (χ4v) is 3.31. The molecule has 0 saturated heterocycles. The number of hydrogen-bond donors (Lipinski definition) is 1. The number of hydrogen-bond acceptors (Lipinski definition) is 6. The Hall–Kier alpha value is -2.08. The van der Waals surface area contributed by atoms with E-state index in [9.17, 15) is 14.4 Å². The minimum absolute atomic E-state index is 0.221. The van der Waals surface area contributed by atoms with Gasteiger partial charge in [0, 0.05) is 16.2 Å². The molecule has 102 valence electrons. The summed E-state index contributed by atoms with van der Waals surface area (Å²) in [6.45, 7) is 0. The summed E-state index contributed by atoms with van der Waals surface area (Å²) >= 11 is 1.46. The van der Waals surface area contributed by atoms with Crippen molar-refractivity contribution in [2.24, 2.45) is 0 Å². The number of fused-ring (bicyclic) bond motifs is 3. The molecule has 0 radical (unpaired) electrons. The van der Waals surface area contributed by atoms with Crippen LogP contribution in [-0.4, -0.2) is 24.9 Å². The number of rotatable bonds is 1. The first kappa shape index (κ1) is 12.9. The van der Waals surface area contributed by atoms with E-state index in [4.69, 9.17) is 4.74 Å². The second kappa shape index (κ2) is 4.79. The molecule has 1 aliphatic heterocycles. The molecular weight excluding hydrogens is 278 g/mol. The monoisotopic (exact) mass is 289 g/mol. The van der Waals surface area contributed by atoms with Gasteiger partial charge in [-0.05, 0) is 6.07 Å². The molecule has 5 nitrogen and oxygen atoms in total. The van der Waals surface area contributed by atoms with E-state index in [1.807, 2.05) is 24.3 Å². The highest BCUT2D eigenvalue weighted by molar-refractivity contribution is 7.99. The zero-order valence-electron chi connectivity index (χ0n) is 10.6. The smallest absolute Gasteiger partial charge is 0.329 e. The molecule has 2 aromatic rings. The third-order valence-electron chi connectivity index (χ3n) is 3.28. The summed E-state index contributed by atoms with van der Waals surface area (Å²) in [6, 6.07) is 6.72. The molecule has 0 amide bonds. The number of esters is 1. The van der Waals surface area contributed by atoms with Crippen LogP contribution in [0.15, 0.2) is 38.8 Å². The maximum Gasteiger partial charge on any atom is 0.329 e. The lowest BCUT2D eigenvalue weighted by molar-refractivity contribution is -0.140. The molecule has 2 aromatic carbocycles. The minimum Gasteiger partial charge on any atom is -0.467 e. The van der Waals surface area contributed by atoms with Gasteiger partial charge in [0.15, 0.2) is 0 Å². The first-order valence-electron chi connectivity index (χ1n) is 6.03. The third kappa shape index (κ3) is 1.84. The van der Waals surface area contributed by atoms with Crippen molar-refractivity contribution in [3.63, 3.8) is 0 Å². The molecule has 0 bridgehead atoms. The van der Waals surface area contributed by atoms with E-state index in [2.05, 4.69) is 5.32 Å². The van der Waals surface area contributed by atoms with Gasteiger partial charge in [-0.2, -0.15) is 0 Å². The van der Waals surface area contributed by atoms with Crippen LogP contribution in [0.3, 0.4) is 0 Å². The van der Waals surface area contributed by atoms with Crippen LogP contribution in [-0.2, 0) is 9.53 Å². The van der Waals surface area contributed by atoms with Crippen molar-refractivity contribution in [1.29, 1.82) is 0 Å². The van der Waals surface area contributed by atoms with Gasteiger partial charge in [0.2, 0.25) is 10.9 Å². The molecule has 0 saturated carbocycles. The second-order valence-electron chi connectivity index (χ2n) is 4.44. The van der Waals surface area contributed by atoms with Crippen molar-refractivity contribution in [2.45, 2.75) is 10.9 Å². The fourth-order valence-electron chi connectivity index (χ4n) is 2.24. The van der Waals surface area contributed by atoms with Crippen LogP contribution >= 0.6 is 11.8 Å². The van der Waals surface area contributed by atoms with Gasteiger partial charge in [-0.25, -0.2) is 4.79 Å². The van der Waals surface area contributed by atoms with E-state index in [1.165, 1.54) is 18.9 Å². The van der Waals surface area contributed by atoms with Gasteiger partial charge >= 0.3 is 5.97 Å². The highest BCUT2D eigenvalue weighted by Crippen LogP contribution is 2.36. The van der Waals surface area contributed by atoms with Crippen LogP contribution in [0.2, 0.25) is 0 Å². The summed E-state index contributed by atoms with van der Waals surface area (Å²) in [7, 11) is 1.30. The Kier molecular flexibility index (Phi) is 3.10. The van der Waals surface area contributed by atoms with Crippen molar-refractivity contribution in [3.05, 3.63) is 44.7 Å². The lowest BCUT2D eigenvalue weighted by Gasteiger charge is -2.24. The fraction of sp³-hybridized carbons (Fsp3) is 0.214. The molecule has 1 atom stereocenters. The predicted octanol–water partition coefficient (Wildman–Crippen LogP) is 1.01. The average Bonchev–Trinajstić information content (AvgIpc) is 2.47. The van der Waals surface area contributed by atoms with Crippen molar-refractivity contribution >= 4 is 23.4 Å². The van der Waals surface area contributed by atoms with Gasteiger partial charge in [-0.15, -0.1) is 11.8 Å². The molecule has 1 aliphatic rings. The number of carbonyl (C=O) groups excluding carboxylic acids is 1. The standard InChI is InChI=1S/C14H11NO4S/c1-19-14(18)8-6-20-9-5-3-2-4-7(9)10-11(15-8)13(17)12(10)16/h2-5,8,15H,6H2,1H3. The Balaban J connectivity index is 2.13. The number of ether oxygens (including phenoxy) is 1. The van der Waals surface area contributed by atoms with E-state index in [1.54, 1.807) is 0 Å². The predicted molar refractivity (Wildman–Crippen MR) is 76.9 cm³/mol. The Labute approximate surface area is 118 Å². The Bertz CT molecular complexity index is 761. The zero-order chi connectivity index (χ0) is 14.3. The minimum atomic E-state index is -0.639. The Morgan fingerprint density at radius 2 is 2.05 bits per heavy atom. The van der Waals surface area contributed by atoms with Crippen LogP contribution < -0.4 is 16.2 Å². The van der Waals surface area contributed by atoms with Crippen molar-refractivity contribution in [3.8, 4) is 11.1 Å². The molecule has 0 aromatic heterocycles. The molecule has 0 spiro atoms. The molecular formula is C14H11NO4S. The SMILES string of the molecule is COC(=O)C1CSc2ccccc2-c2c(c(=O)c2=O)N1. The number of benzene rings is 1. The maximum absolute atomic E-state index is 11.8. The second-order valence-corrected chi connectivity index (χ2v) is 5.50. The molecule has 3 rings (SSSR count). The topological polar surface area (TPSA) is 72.5 Å². The van der Waals surface area contributed by atoms with Gasteiger partial charge in [-0.3, -0.25) is 9.59 Å². The normalized spacial score (nSPS) is 17.4. The van der Waals surface area contributed by atoms with Crippen molar-refractivity contribution in [1.82, 2.24) is 0 Å². The molecule has 20 heavy (non-hydrogen) atoms. The lowest BCUT2D eigenvalue weighted by Crippen LogP contribution is -2.43. The zero-order valence-corrected chi connectivity index (χ0v) is 11.5. The summed E-state index contributed by atoms with van der Waals surface area (Å²) in [5.41, 5.74) is 0.249. The average molecular weight is 289 g/mol. The third-order valence-corrected chi connectivity index (χ3v) is 4.44. The molecule has 1 N–H and O–H groups in total. The quantitative estimate of drug-likeness (QED) is 0.624. The van der Waals surface area contributed by atoms with Gasteiger partial charge in [0.05, 0.1) is 18.4 Å². The summed E-state index contributed by atoms with van der Waals surface area (Å²) < 4.78 is 4.71. The Morgan fingerprint density at radius 1 is 1.30 bits per heavy atom. The van der Waals surface area contributed by atoms with E-state index in [0.29, 0.717) is 11.3 Å². The van der Waals surface area contributed by atoms with E-state index < -0.39 is 22.9 Å². The number of thioether (sulfide) groups is 1. The van der Waals surface area contributed by atoms with Crippen LogP contribution in [0, 0.1) is 0 Å². The van der Waals surface area contributed by atoms with Gasteiger partial charge in [0.1, 0.15) is 6.04 Å². The van der Waals surface area contributed by atoms with Gasteiger partial charge in [-0.1, -0.05) is 18.2 Å². The number of methoxy groups -OCH3 is 1. The summed E-state index contributed by atoms with van der Waals surface area (Å²) in [6.07, 6.45) is 0. The highest BCUT2D eigenvalue weighted by Gasteiger charge is 2.31. The van der Waals surface area contributed by atoms with Crippen LogP contribution in [0.25, 0.3) is 11.1 Å². The molecule has 1 heterocycles. The first-order chi connectivity index (χ1) is 9.63. The lowest BCUT2D eigenvalue weighted by atomic mass is 9.98. The molecule has 1 unspecified atom stereocenters. The summed E-state index contributed by atoms with van der Waals surface area (Å²) in [4.78, 5) is 36.1. The molecule has 0 aliphatic carbocycles. The largest absolute Gasteiger partial charge is 0.467 e. The van der Waals surface area contributed by atoms with E-state index in [0.717, 1.165) is 10.5 Å². The van der Waals surface area contributed by atoms with Crippen LogP contribution in [0.5, 0.6) is 0 Å². The van der Waals surface area contributed by atoms with E-state index >= 15 is 0 Å². The number of nitrogens with one attached hydrogen (secondary N) is 1. The first-order valence-corrected chi connectivity index (χ1v) is 7.02. The molecule has 0 fully saturated rings. The summed E-state index contributed by atoms with van der Waals surface area (Å²) in [5.74, 6) is -0.0158. The van der Waals surface area contributed by atoms with E-state index in [-0.39, 0.29) is 5.69 Å². The highest BCUT2D eigenvalue weighted by atomic mass is 32.2. The van der Waals surface area contributed by atoms with Crippen molar-refractivity contribution < 1.29 is 9.53 Å². The van der Waals surface area contributed by atoms with Gasteiger partial charge in [0.25, 0.3) is 0 Å². The van der Waals surface area contributed by atoms with Gasteiger partial charge < -0.3 is 10.1 Å². The number of anilines is 1. The van der Waals surface area contributed by atoms with Crippen LogP contribution in [0.4, 0.5) is 5.69 Å². The Morgan fingerprint density at radius 3 is 2.80 bits per heavy atom. The van der Waals surface area contributed by atoms with Crippen molar-refractivity contribution in [2.75, 3.05) is 18.2 Å². The molecule has 6 heteroatoms. The summed E-state index contributed by atoms with van der Waals surface area (Å²) in [5, 5.41) is 2.84. The van der Waals surface area contributed by atoms with Crippen LogP contribution in [0.1, 0.15) is 0 Å².